The van der Waals surface area contributed by atoms with Gasteiger partial charge in [-0.2, -0.15) is 0 Å². The zero-order chi connectivity index (χ0) is 18.9. The Morgan fingerprint density at radius 2 is 1.93 bits per heavy atom. The van der Waals surface area contributed by atoms with Gasteiger partial charge in [-0.15, -0.1) is 24.0 Å². The molecular formula is C20H28IN5O2. The summed E-state index contributed by atoms with van der Waals surface area (Å²) in [6.07, 6.45) is 3.45. The first-order valence-corrected chi connectivity index (χ1v) is 9.18. The molecule has 0 saturated carbocycles. The fourth-order valence-corrected chi connectivity index (χ4v) is 3.15. The summed E-state index contributed by atoms with van der Waals surface area (Å²) >= 11 is 0. The van der Waals surface area contributed by atoms with Gasteiger partial charge in [-0.1, -0.05) is 12.1 Å². The van der Waals surface area contributed by atoms with Crippen LogP contribution >= 0.6 is 24.0 Å². The highest BCUT2D eigenvalue weighted by atomic mass is 127. The number of piperazine rings is 1. The number of hydrogen-bond acceptors (Lipinski definition) is 5. The number of nitrogens with zero attached hydrogens (tertiary/aromatic N) is 4. The van der Waals surface area contributed by atoms with Crippen molar-refractivity contribution in [3.8, 4) is 11.5 Å². The Balaban J connectivity index is 0.00000280. The average molecular weight is 497 g/mol. The standard InChI is InChI=1S/C20H27N5O2.HI/c1-21-20(23-10-15-27-17-6-5-9-22-16-17)25-13-11-24(12-14-25)18-7-3-4-8-19(18)26-2;/h3-9,16H,10-15H2,1-2H3,(H,21,23);1H. The van der Waals surface area contributed by atoms with Crippen LogP contribution in [0.3, 0.4) is 0 Å². The lowest BCUT2D eigenvalue weighted by molar-refractivity contribution is 0.313. The van der Waals surface area contributed by atoms with Crippen molar-refractivity contribution in [2.45, 2.75) is 0 Å². The predicted octanol–water partition coefficient (Wildman–Crippen LogP) is 2.48. The van der Waals surface area contributed by atoms with Crippen LogP contribution in [0.5, 0.6) is 11.5 Å². The van der Waals surface area contributed by atoms with Gasteiger partial charge in [0.1, 0.15) is 18.1 Å². The van der Waals surface area contributed by atoms with E-state index in [2.05, 4.69) is 31.2 Å². The van der Waals surface area contributed by atoms with E-state index in [0.29, 0.717) is 13.2 Å². The van der Waals surface area contributed by atoms with Gasteiger partial charge in [-0.3, -0.25) is 9.98 Å². The van der Waals surface area contributed by atoms with Crippen molar-refractivity contribution in [3.63, 3.8) is 0 Å². The van der Waals surface area contributed by atoms with Gasteiger partial charge in [-0.05, 0) is 24.3 Å². The first-order chi connectivity index (χ1) is 13.3. The van der Waals surface area contributed by atoms with Gasteiger partial charge in [0.25, 0.3) is 0 Å². The number of pyridine rings is 1. The van der Waals surface area contributed by atoms with Crippen LogP contribution in [-0.2, 0) is 0 Å². The molecule has 0 unspecified atom stereocenters. The van der Waals surface area contributed by atoms with Gasteiger partial charge in [0.2, 0.25) is 0 Å². The summed E-state index contributed by atoms with van der Waals surface area (Å²) in [6.45, 7) is 4.91. The molecule has 0 amide bonds. The molecule has 0 radical (unpaired) electrons. The van der Waals surface area contributed by atoms with Crippen LogP contribution in [0, 0.1) is 0 Å². The molecule has 7 nitrogen and oxygen atoms in total. The number of anilines is 1. The molecule has 0 atom stereocenters. The van der Waals surface area contributed by atoms with Crippen molar-refractivity contribution in [2.24, 2.45) is 4.99 Å². The van der Waals surface area contributed by atoms with Crippen molar-refractivity contribution in [2.75, 3.05) is 58.4 Å². The molecule has 2 heterocycles. The van der Waals surface area contributed by atoms with E-state index in [-0.39, 0.29) is 24.0 Å². The van der Waals surface area contributed by atoms with Crippen LogP contribution in [0.1, 0.15) is 0 Å². The molecule has 8 heteroatoms. The molecule has 1 fully saturated rings. The summed E-state index contributed by atoms with van der Waals surface area (Å²) in [5, 5.41) is 3.37. The first-order valence-electron chi connectivity index (χ1n) is 9.18. The summed E-state index contributed by atoms with van der Waals surface area (Å²) in [5.74, 6) is 2.60. The highest BCUT2D eigenvalue weighted by Gasteiger charge is 2.21. The average Bonchev–Trinajstić information content (AvgIpc) is 2.75. The van der Waals surface area contributed by atoms with Crippen molar-refractivity contribution in [3.05, 3.63) is 48.8 Å². The summed E-state index contributed by atoms with van der Waals surface area (Å²) in [7, 11) is 3.53. The maximum Gasteiger partial charge on any atom is 0.193 e. The van der Waals surface area contributed by atoms with Crippen LogP contribution in [0.25, 0.3) is 0 Å². The van der Waals surface area contributed by atoms with E-state index in [1.54, 1.807) is 19.5 Å². The molecule has 1 N–H and O–H groups in total. The van der Waals surface area contributed by atoms with E-state index in [0.717, 1.165) is 49.3 Å². The Morgan fingerprint density at radius 3 is 2.61 bits per heavy atom. The Hall–Kier alpha value is -2.23. The van der Waals surface area contributed by atoms with E-state index >= 15 is 0 Å². The van der Waals surface area contributed by atoms with Gasteiger partial charge in [-0.25, -0.2) is 0 Å². The maximum atomic E-state index is 5.67. The number of para-hydroxylation sites is 2. The third kappa shape index (κ3) is 5.88. The molecule has 1 saturated heterocycles. The molecule has 0 spiro atoms. The summed E-state index contributed by atoms with van der Waals surface area (Å²) in [6, 6.07) is 11.9. The molecule has 152 valence electrons. The molecule has 0 aliphatic carbocycles. The molecule has 1 aromatic carbocycles. The van der Waals surface area contributed by atoms with Gasteiger partial charge < -0.3 is 24.6 Å². The second-order valence-corrected chi connectivity index (χ2v) is 6.16. The predicted molar refractivity (Wildman–Crippen MR) is 123 cm³/mol. The summed E-state index contributed by atoms with van der Waals surface area (Å²) in [5.41, 5.74) is 1.15. The Morgan fingerprint density at radius 1 is 1.14 bits per heavy atom. The fraction of sp³-hybridized carbons (Fsp3) is 0.400. The lowest BCUT2D eigenvalue weighted by atomic mass is 10.2. The molecule has 1 aliphatic rings. The number of rotatable bonds is 6. The number of hydrogen-bond donors (Lipinski definition) is 1. The number of aliphatic imine (C=N–C) groups is 1. The smallest absolute Gasteiger partial charge is 0.193 e. The minimum atomic E-state index is 0. The van der Waals surface area contributed by atoms with Crippen molar-refractivity contribution in [1.29, 1.82) is 0 Å². The van der Waals surface area contributed by atoms with E-state index in [1.807, 2.05) is 37.4 Å². The highest BCUT2D eigenvalue weighted by molar-refractivity contribution is 14.0. The number of methoxy groups -OCH3 is 1. The maximum absolute atomic E-state index is 5.67. The summed E-state index contributed by atoms with van der Waals surface area (Å²) < 4.78 is 11.2. The highest BCUT2D eigenvalue weighted by Crippen LogP contribution is 2.28. The van der Waals surface area contributed by atoms with Gasteiger partial charge >= 0.3 is 0 Å². The van der Waals surface area contributed by atoms with Gasteiger partial charge in [0, 0.05) is 39.4 Å². The molecular weight excluding hydrogens is 469 g/mol. The van der Waals surface area contributed by atoms with E-state index in [4.69, 9.17) is 9.47 Å². The van der Waals surface area contributed by atoms with Gasteiger partial charge in [0.15, 0.2) is 5.96 Å². The lowest BCUT2D eigenvalue weighted by Gasteiger charge is -2.38. The molecule has 0 bridgehead atoms. The van der Waals surface area contributed by atoms with E-state index in [1.165, 1.54) is 0 Å². The zero-order valence-electron chi connectivity index (χ0n) is 16.4. The van der Waals surface area contributed by atoms with Crippen molar-refractivity contribution < 1.29 is 9.47 Å². The van der Waals surface area contributed by atoms with E-state index < -0.39 is 0 Å². The number of guanidine groups is 1. The number of nitrogens with one attached hydrogen (secondary N) is 1. The first kappa shape index (κ1) is 22.1. The van der Waals surface area contributed by atoms with Crippen LogP contribution in [-0.4, -0.2) is 69.3 Å². The number of aromatic nitrogens is 1. The SMILES string of the molecule is CN=C(NCCOc1cccnc1)N1CCN(c2ccccc2OC)CC1.I. The largest absolute Gasteiger partial charge is 0.495 e. The second-order valence-electron chi connectivity index (χ2n) is 6.16. The Kier molecular flexibility index (Phi) is 9.12. The molecule has 1 aliphatic heterocycles. The minimum Gasteiger partial charge on any atom is -0.495 e. The number of halogens is 1. The Bertz CT molecular complexity index is 736. The third-order valence-corrected chi connectivity index (χ3v) is 4.51. The normalized spacial score (nSPS) is 14.3. The molecule has 1 aromatic heterocycles. The summed E-state index contributed by atoms with van der Waals surface area (Å²) in [4.78, 5) is 13.1. The zero-order valence-corrected chi connectivity index (χ0v) is 18.7. The molecule has 28 heavy (non-hydrogen) atoms. The van der Waals surface area contributed by atoms with Crippen molar-refractivity contribution >= 4 is 35.6 Å². The van der Waals surface area contributed by atoms with Crippen LogP contribution < -0.4 is 19.7 Å². The Labute approximate surface area is 183 Å². The number of benzene rings is 1. The van der Waals surface area contributed by atoms with Crippen LogP contribution in [0.15, 0.2) is 53.8 Å². The van der Waals surface area contributed by atoms with Crippen molar-refractivity contribution in [1.82, 2.24) is 15.2 Å². The molecule has 3 rings (SSSR count). The lowest BCUT2D eigenvalue weighted by Crippen LogP contribution is -2.53. The van der Waals surface area contributed by atoms with E-state index in [9.17, 15) is 0 Å². The molecule has 2 aromatic rings. The quantitative estimate of drug-likeness (QED) is 0.287. The van der Waals surface area contributed by atoms with Gasteiger partial charge in [0.05, 0.1) is 25.5 Å². The fourth-order valence-electron chi connectivity index (χ4n) is 3.15. The minimum absolute atomic E-state index is 0. The van der Waals surface area contributed by atoms with Crippen LogP contribution in [0.4, 0.5) is 5.69 Å². The number of ether oxygens (including phenoxy) is 2. The third-order valence-electron chi connectivity index (χ3n) is 4.51. The topological polar surface area (TPSA) is 62.2 Å². The van der Waals surface area contributed by atoms with Crippen LogP contribution in [0.2, 0.25) is 0 Å². The monoisotopic (exact) mass is 497 g/mol. The second kappa shape index (κ2) is 11.6.